The van der Waals surface area contributed by atoms with Crippen molar-refractivity contribution in [3.05, 3.63) is 29.8 Å². The van der Waals surface area contributed by atoms with E-state index in [2.05, 4.69) is 10.6 Å². The molecule has 0 aliphatic heterocycles. The van der Waals surface area contributed by atoms with Crippen molar-refractivity contribution in [2.45, 2.75) is 33.3 Å². The molecule has 1 amide bonds. The van der Waals surface area contributed by atoms with Crippen LogP contribution < -0.4 is 10.6 Å². The van der Waals surface area contributed by atoms with Crippen molar-refractivity contribution in [2.24, 2.45) is 0 Å². The van der Waals surface area contributed by atoms with E-state index < -0.39 is 0 Å². The molecule has 0 spiro atoms. The molecular formula is C15H22N2O3. The van der Waals surface area contributed by atoms with E-state index >= 15 is 0 Å². The fraction of sp³-hybridized carbons (Fsp3) is 0.467. The fourth-order valence-electron chi connectivity index (χ4n) is 1.57. The van der Waals surface area contributed by atoms with Gasteiger partial charge in [0.2, 0.25) is 5.91 Å². The van der Waals surface area contributed by atoms with Crippen LogP contribution in [0.15, 0.2) is 24.3 Å². The lowest BCUT2D eigenvalue weighted by Crippen LogP contribution is -2.21. The van der Waals surface area contributed by atoms with Crippen LogP contribution in [-0.2, 0) is 9.53 Å². The van der Waals surface area contributed by atoms with E-state index in [0.717, 1.165) is 6.54 Å². The molecule has 0 unspecified atom stereocenters. The fourth-order valence-corrected chi connectivity index (χ4v) is 1.57. The van der Waals surface area contributed by atoms with Crippen molar-refractivity contribution in [1.82, 2.24) is 5.32 Å². The maximum atomic E-state index is 11.6. The molecule has 1 aromatic rings. The van der Waals surface area contributed by atoms with Crippen LogP contribution in [-0.4, -0.2) is 31.1 Å². The van der Waals surface area contributed by atoms with E-state index in [1.54, 1.807) is 38.1 Å². The minimum atomic E-state index is -0.356. The van der Waals surface area contributed by atoms with Gasteiger partial charge in [-0.25, -0.2) is 4.79 Å². The SMILES string of the molecule is CCNCCC(=O)Nc1ccc(C(=O)OC(C)C)cc1. The Morgan fingerprint density at radius 2 is 1.85 bits per heavy atom. The quantitative estimate of drug-likeness (QED) is 0.592. The van der Waals surface area contributed by atoms with E-state index in [9.17, 15) is 9.59 Å². The molecule has 0 bridgehead atoms. The molecule has 5 nitrogen and oxygen atoms in total. The highest BCUT2D eigenvalue weighted by Gasteiger charge is 2.09. The van der Waals surface area contributed by atoms with E-state index in [0.29, 0.717) is 24.2 Å². The second-order valence-corrected chi connectivity index (χ2v) is 4.68. The summed E-state index contributed by atoms with van der Waals surface area (Å²) in [6.07, 6.45) is 0.276. The van der Waals surface area contributed by atoms with Crippen molar-refractivity contribution >= 4 is 17.6 Å². The minimum Gasteiger partial charge on any atom is -0.459 e. The molecule has 0 radical (unpaired) electrons. The summed E-state index contributed by atoms with van der Waals surface area (Å²) in [5.41, 5.74) is 1.15. The zero-order valence-corrected chi connectivity index (χ0v) is 12.2. The highest BCUT2D eigenvalue weighted by atomic mass is 16.5. The molecule has 0 saturated heterocycles. The molecular weight excluding hydrogens is 256 g/mol. The first-order chi connectivity index (χ1) is 9.52. The Balaban J connectivity index is 2.50. The van der Waals surface area contributed by atoms with Crippen LogP contribution in [0.2, 0.25) is 0 Å². The number of rotatable bonds is 7. The molecule has 5 heteroatoms. The molecule has 0 atom stereocenters. The van der Waals surface area contributed by atoms with Gasteiger partial charge in [-0.2, -0.15) is 0 Å². The Kier molecular flexibility index (Phi) is 6.73. The van der Waals surface area contributed by atoms with Gasteiger partial charge in [-0.3, -0.25) is 4.79 Å². The zero-order chi connectivity index (χ0) is 15.0. The molecule has 1 aromatic carbocycles. The number of anilines is 1. The maximum absolute atomic E-state index is 11.6. The van der Waals surface area contributed by atoms with Gasteiger partial charge in [-0.15, -0.1) is 0 Å². The Morgan fingerprint density at radius 1 is 1.20 bits per heavy atom. The predicted octanol–water partition coefficient (Wildman–Crippen LogP) is 2.19. The molecule has 110 valence electrons. The third-order valence-electron chi connectivity index (χ3n) is 2.53. The summed E-state index contributed by atoms with van der Waals surface area (Å²) in [6, 6.07) is 6.68. The van der Waals surface area contributed by atoms with E-state index in [-0.39, 0.29) is 18.0 Å². The standard InChI is InChI=1S/C15H22N2O3/c1-4-16-10-9-14(18)17-13-7-5-12(6-8-13)15(19)20-11(2)3/h5-8,11,16H,4,9-10H2,1-3H3,(H,17,18). The highest BCUT2D eigenvalue weighted by molar-refractivity contribution is 5.93. The van der Waals surface area contributed by atoms with Crippen molar-refractivity contribution in [2.75, 3.05) is 18.4 Å². The van der Waals surface area contributed by atoms with Gasteiger partial charge in [0.1, 0.15) is 0 Å². The molecule has 0 heterocycles. The number of nitrogens with one attached hydrogen (secondary N) is 2. The van der Waals surface area contributed by atoms with Crippen molar-refractivity contribution < 1.29 is 14.3 Å². The summed E-state index contributed by atoms with van der Waals surface area (Å²) in [7, 11) is 0. The van der Waals surface area contributed by atoms with Crippen LogP contribution in [0.4, 0.5) is 5.69 Å². The Labute approximate surface area is 119 Å². The average molecular weight is 278 g/mol. The van der Waals surface area contributed by atoms with Gasteiger partial charge < -0.3 is 15.4 Å². The third kappa shape index (κ3) is 5.84. The van der Waals surface area contributed by atoms with Gasteiger partial charge in [0.05, 0.1) is 11.7 Å². The van der Waals surface area contributed by atoms with Crippen molar-refractivity contribution in [3.63, 3.8) is 0 Å². The number of hydrogen-bond acceptors (Lipinski definition) is 4. The average Bonchev–Trinajstić information content (AvgIpc) is 2.39. The summed E-state index contributed by atoms with van der Waals surface area (Å²) >= 11 is 0. The number of carbonyl (C=O) groups is 2. The smallest absolute Gasteiger partial charge is 0.338 e. The summed E-state index contributed by atoms with van der Waals surface area (Å²) in [5, 5.41) is 5.86. The monoisotopic (exact) mass is 278 g/mol. The van der Waals surface area contributed by atoms with Crippen molar-refractivity contribution in [3.8, 4) is 0 Å². The van der Waals surface area contributed by atoms with Crippen LogP contribution in [0.1, 0.15) is 37.6 Å². The summed E-state index contributed by atoms with van der Waals surface area (Å²) < 4.78 is 5.09. The Bertz CT molecular complexity index is 441. The van der Waals surface area contributed by atoms with Gasteiger partial charge in [-0.1, -0.05) is 6.92 Å². The van der Waals surface area contributed by atoms with Gasteiger partial charge in [0.25, 0.3) is 0 Å². The number of amides is 1. The summed E-state index contributed by atoms with van der Waals surface area (Å²) in [4.78, 5) is 23.3. The van der Waals surface area contributed by atoms with Crippen LogP contribution >= 0.6 is 0 Å². The van der Waals surface area contributed by atoms with Crippen LogP contribution in [0.25, 0.3) is 0 Å². The zero-order valence-electron chi connectivity index (χ0n) is 12.2. The molecule has 0 fully saturated rings. The first-order valence-electron chi connectivity index (χ1n) is 6.84. The number of benzene rings is 1. The normalized spacial score (nSPS) is 10.4. The Hall–Kier alpha value is -1.88. The van der Waals surface area contributed by atoms with Gasteiger partial charge in [-0.05, 0) is 44.7 Å². The molecule has 0 saturated carbocycles. The van der Waals surface area contributed by atoms with Gasteiger partial charge >= 0.3 is 5.97 Å². The molecule has 2 N–H and O–H groups in total. The number of esters is 1. The lowest BCUT2D eigenvalue weighted by molar-refractivity contribution is -0.116. The van der Waals surface area contributed by atoms with Crippen molar-refractivity contribution in [1.29, 1.82) is 0 Å². The highest BCUT2D eigenvalue weighted by Crippen LogP contribution is 2.11. The maximum Gasteiger partial charge on any atom is 0.338 e. The lowest BCUT2D eigenvalue weighted by Gasteiger charge is -2.09. The molecule has 0 aliphatic rings. The first kappa shape index (κ1) is 16.2. The van der Waals surface area contributed by atoms with Crippen LogP contribution in [0.3, 0.4) is 0 Å². The number of hydrogen-bond donors (Lipinski definition) is 2. The molecule has 0 aliphatic carbocycles. The Morgan fingerprint density at radius 3 is 2.40 bits per heavy atom. The number of carbonyl (C=O) groups excluding carboxylic acids is 2. The van der Waals surface area contributed by atoms with Crippen LogP contribution in [0, 0.1) is 0 Å². The number of ether oxygens (including phenoxy) is 1. The minimum absolute atomic E-state index is 0.0524. The second-order valence-electron chi connectivity index (χ2n) is 4.68. The molecule has 20 heavy (non-hydrogen) atoms. The second kappa shape index (κ2) is 8.32. The third-order valence-corrected chi connectivity index (χ3v) is 2.53. The van der Waals surface area contributed by atoms with Gasteiger partial charge in [0, 0.05) is 18.7 Å². The van der Waals surface area contributed by atoms with E-state index in [1.807, 2.05) is 6.92 Å². The van der Waals surface area contributed by atoms with Crippen LogP contribution in [0.5, 0.6) is 0 Å². The summed E-state index contributed by atoms with van der Waals surface area (Å²) in [6.45, 7) is 7.10. The van der Waals surface area contributed by atoms with E-state index in [1.165, 1.54) is 0 Å². The molecule has 1 rings (SSSR count). The van der Waals surface area contributed by atoms with Gasteiger partial charge in [0.15, 0.2) is 0 Å². The predicted molar refractivity (Wildman–Crippen MR) is 78.8 cm³/mol. The largest absolute Gasteiger partial charge is 0.459 e. The molecule has 0 aromatic heterocycles. The van der Waals surface area contributed by atoms with E-state index in [4.69, 9.17) is 4.74 Å². The first-order valence-corrected chi connectivity index (χ1v) is 6.84. The topological polar surface area (TPSA) is 67.4 Å². The summed E-state index contributed by atoms with van der Waals surface area (Å²) in [5.74, 6) is -0.409. The lowest BCUT2D eigenvalue weighted by atomic mass is 10.2.